The molecule has 180 valence electrons. The third kappa shape index (κ3) is 6.03. The number of ether oxygens (including phenoxy) is 2. The zero-order valence-electron chi connectivity index (χ0n) is 20.0. The molecule has 2 aliphatic rings. The molecule has 0 N–H and O–H groups in total. The molecule has 2 atom stereocenters. The van der Waals surface area contributed by atoms with Crippen molar-refractivity contribution in [1.29, 1.82) is 5.26 Å². The second kappa shape index (κ2) is 9.98. The van der Waals surface area contributed by atoms with E-state index >= 15 is 0 Å². The molecule has 8 heteroatoms. The number of piperazine rings is 1. The fraction of sp³-hybridized carbons (Fsp3) is 0.500. The molecule has 1 aromatic heterocycles. The van der Waals surface area contributed by atoms with E-state index < -0.39 is 11.8 Å². The van der Waals surface area contributed by atoms with Crippen LogP contribution < -0.4 is 4.74 Å². The fourth-order valence-corrected chi connectivity index (χ4v) is 4.00. The number of aromatic nitrogens is 1. The van der Waals surface area contributed by atoms with Crippen LogP contribution in [-0.2, 0) is 11.3 Å². The molecule has 0 bridgehead atoms. The molecule has 2 fully saturated rings. The summed E-state index contributed by atoms with van der Waals surface area (Å²) in [5.74, 6) is 0.635. The van der Waals surface area contributed by atoms with Crippen molar-refractivity contribution < 1.29 is 18.7 Å². The van der Waals surface area contributed by atoms with Crippen LogP contribution in [0.2, 0.25) is 0 Å². The van der Waals surface area contributed by atoms with E-state index in [0.29, 0.717) is 43.2 Å². The highest BCUT2D eigenvalue weighted by atomic mass is 19.1. The van der Waals surface area contributed by atoms with Crippen molar-refractivity contribution in [1.82, 2.24) is 14.8 Å². The molecule has 1 saturated heterocycles. The average molecular weight is 467 g/mol. The van der Waals surface area contributed by atoms with Gasteiger partial charge < -0.3 is 14.4 Å². The first kappa shape index (κ1) is 24.0. The summed E-state index contributed by atoms with van der Waals surface area (Å²) in [5, 5.41) is 9.49. The molecule has 1 unspecified atom stereocenters. The minimum Gasteiger partial charge on any atom is -0.487 e. The minimum absolute atomic E-state index is 0.281. The van der Waals surface area contributed by atoms with Gasteiger partial charge in [0.1, 0.15) is 35.4 Å². The molecule has 1 amide bonds. The van der Waals surface area contributed by atoms with Gasteiger partial charge in [0.2, 0.25) is 0 Å². The highest BCUT2D eigenvalue weighted by molar-refractivity contribution is 5.68. The maximum absolute atomic E-state index is 13.5. The molecule has 1 saturated carbocycles. The van der Waals surface area contributed by atoms with Crippen LogP contribution in [0.4, 0.5) is 9.18 Å². The lowest BCUT2D eigenvalue weighted by atomic mass is 9.93. The van der Waals surface area contributed by atoms with Crippen LogP contribution in [0.3, 0.4) is 0 Å². The number of nitrogens with zero attached hydrogens (tertiary/aromatic N) is 4. The van der Waals surface area contributed by atoms with E-state index in [9.17, 15) is 14.4 Å². The highest BCUT2D eigenvalue weighted by Crippen LogP contribution is 2.30. The van der Waals surface area contributed by atoms with E-state index in [0.717, 1.165) is 30.6 Å². The zero-order chi connectivity index (χ0) is 24.3. The molecule has 2 heterocycles. The maximum atomic E-state index is 13.5. The number of carbonyl (C=O) groups excluding carboxylic acids is 1. The van der Waals surface area contributed by atoms with Crippen LogP contribution in [0.25, 0.3) is 11.3 Å². The van der Waals surface area contributed by atoms with Crippen LogP contribution in [0.15, 0.2) is 36.4 Å². The lowest BCUT2D eigenvalue weighted by molar-refractivity contribution is 0.0139. The Labute approximate surface area is 200 Å². The number of hydrogen-bond donors (Lipinski definition) is 0. The van der Waals surface area contributed by atoms with E-state index in [2.05, 4.69) is 16.0 Å². The highest BCUT2D eigenvalue weighted by Gasteiger charge is 2.32. The number of benzene rings is 1. The van der Waals surface area contributed by atoms with Gasteiger partial charge in [-0.05, 0) is 75.6 Å². The predicted octanol–water partition coefficient (Wildman–Crippen LogP) is 4.55. The monoisotopic (exact) mass is 466 g/mol. The van der Waals surface area contributed by atoms with Crippen LogP contribution in [0, 0.1) is 11.3 Å². The van der Waals surface area contributed by atoms with E-state index in [4.69, 9.17) is 9.47 Å². The molecular formula is C26H31FN4O3. The number of carbonyl (C=O) groups is 1. The fourth-order valence-electron chi connectivity index (χ4n) is 4.00. The van der Waals surface area contributed by atoms with Gasteiger partial charge in [0.15, 0.2) is 0 Å². The first-order chi connectivity index (χ1) is 16.2. The number of alkyl halides is 1. The van der Waals surface area contributed by atoms with E-state index in [1.54, 1.807) is 11.0 Å². The molecule has 1 aliphatic heterocycles. The normalized spacial score (nSPS) is 20.9. The molecule has 0 spiro atoms. The van der Waals surface area contributed by atoms with Crippen LogP contribution in [-0.4, -0.2) is 64.9 Å². The van der Waals surface area contributed by atoms with Crippen molar-refractivity contribution in [3.8, 4) is 23.1 Å². The topological polar surface area (TPSA) is 78.7 Å². The second-order valence-electron chi connectivity index (χ2n) is 9.88. The third-order valence-corrected chi connectivity index (χ3v) is 6.00. The maximum Gasteiger partial charge on any atom is 0.410 e. The summed E-state index contributed by atoms with van der Waals surface area (Å²) >= 11 is 0. The number of hydrogen-bond acceptors (Lipinski definition) is 6. The number of pyridine rings is 1. The standard InChI is InChI=1S/C26H31FN4O3/c1-26(2,3)34-25(32)31-12-10-30(11-13-31)17-18-14-20(16-28)29-23(15-18)19-4-6-21(7-5-19)33-24-9-8-22(24)27/h4-7,14-15,22,24H,8-13,17H2,1-3H3/t22?,24-/m0/s1. The number of amides is 1. The Morgan fingerprint density at radius 1 is 1.15 bits per heavy atom. The first-order valence-corrected chi connectivity index (χ1v) is 11.7. The minimum atomic E-state index is -0.887. The number of halogens is 1. The van der Waals surface area contributed by atoms with Gasteiger partial charge in [0.05, 0.1) is 5.69 Å². The lowest BCUT2D eigenvalue weighted by Gasteiger charge is -2.35. The smallest absolute Gasteiger partial charge is 0.410 e. The molecule has 0 radical (unpaired) electrons. The average Bonchev–Trinajstić information content (AvgIpc) is 2.81. The number of nitriles is 1. The van der Waals surface area contributed by atoms with Gasteiger partial charge in [0, 0.05) is 38.3 Å². The van der Waals surface area contributed by atoms with Crippen LogP contribution >= 0.6 is 0 Å². The molecule has 1 aromatic carbocycles. The first-order valence-electron chi connectivity index (χ1n) is 11.7. The number of rotatable bonds is 5. The van der Waals surface area contributed by atoms with Gasteiger partial charge in [0.25, 0.3) is 0 Å². The molecule has 2 aromatic rings. The second-order valence-corrected chi connectivity index (χ2v) is 9.88. The molecule has 4 rings (SSSR count). The molecule has 34 heavy (non-hydrogen) atoms. The van der Waals surface area contributed by atoms with Crippen molar-refractivity contribution >= 4 is 6.09 Å². The van der Waals surface area contributed by atoms with E-state index in [-0.39, 0.29) is 12.2 Å². The largest absolute Gasteiger partial charge is 0.487 e. The van der Waals surface area contributed by atoms with E-state index in [1.807, 2.05) is 51.1 Å². The Balaban J connectivity index is 1.39. The summed E-state index contributed by atoms with van der Waals surface area (Å²) in [5.41, 5.74) is 2.41. The van der Waals surface area contributed by atoms with Crippen molar-refractivity contribution in [2.75, 3.05) is 26.2 Å². The van der Waals surface area contributed by atoms with Crippen molar-refractivity contribution in [2.24, 2.45) is 0 Å². The van der Waals surface area contributed by atoms with Crippen LogP contribution in [0.1, 0.15) is 44.9 Å². The van der Waals surface area contributed by atoms with Crippen molar-refractivity contribution in [2.45, 2.75) is 58.0 Å². The van der Waals surface area contributed by atoms with Crippen molar-refractivity contribution in [3.63, 3.8) is 0 Å². The Morgan fingerprint density at radius 3 is 2.41 bits per heavy atom. The summed E-state index contributed by atoms with van der Waals surface area (Å²) < 4.78 is 24.6. The summed E-state index contributed by atoms with van der Waals surface area (Å²) in [6, 6.07) is 13.3. The Bertz CT molecular complexity index is 1050. The van der Waals surface area contributed by atoms with Gasteiger partial charge in [-0.2, -0.15) is 5.26 Å². The molecule has 7 nitrogen and oxygen atoms in total. The molecular weight excluding hydrogens is 435 g/mol. The Kier molecular flexibility index (Phi) is 7.03. The van der Waals surface area contributed by atoms with E-state index in [1.165, 1.54) is 0 Å². The van der Waals surface area contributed by atoms with Gasteiger partial charge in [-0.15, -0.1) is 0 Å². The Morgan fingerprint density at radius 2 is 1.85 bits per heavy atom. The van der Waals surface area contributed by atoms with Crippen LogP contribution in [0.5, 0.6) is 5.75 Å². The lowest BCUT2D eigenvalue weighted by Crippen LogP contribution is -2.49. The van der Waals surface area contributed by atoms with Gasteiger partial charge in [-0.25, -0.2) is 14.2 Å². The SMILES string of the molecule is CC(C)(C)OC(=O)N1CCN(Cc2cc(C#N)nc(-c3ccc(O[C@H]4CCC4F)cc3)c2)CC1. The Hall–Kier alpha value is -3.18. The summed E-state index contributed by atoms with van der Waals surface area (Å²) in [7, 11) is 0. The van der Waals surface area contributed by atoms with Gasteiger partial charge in [-0.3, -0.25) is 4.90 Å². The van der Waals surface area contributed by atoms with Gasteiger partial charge in [-0.1, -0.05) is 0 Å². The van der Waals surface area contributed by atoms with Crippen molar-refractivity contribution in [3.05, 3.63) is 47.7 Å². The summed E-state index contributed by atoms with van der Waals surface area (Å²) in [6.45, 7) is 8.90. The predicted molar refractivity (Wildman–Crippen MR) is 126 cm³/mol. The summed E-state index contributed by atoms with van der Waals surface area (Å²) in [4.78, 5) is 20.8. The van der Waals surface area contributed by atoms with Gasteiger partial charge >= 0.3 is 6.09 Å². The quantitative estimate of drug-likeness (QED) is 0.643. The zero-order valence-corrected chi connectivity index (χ0v) is 20.0. The third-order valence-electron chi connectivity index (χ3n) is 6.00. The summed E-state index contributed by atoms with van der Waals surface area (Å²) in [6.07, 6.45) is -0.219. The molecule has 1 aliphatic carbocycles.